The first-order valence-corrected chi connectivity index (χ1v) is 8.80. The molecule has 0 saturated heterocycles. The Bertz CT molecular complexity index is 961. The number of rotatable bonds is 5. The third-order valence-corrected chi connectivity index (χ3v) is 4.81. The van der Waals surface area contributed by atoms with Gasteiger partial charge in [0.15, 0.2) is 5.13 Å². The number of carbonyl (C=O) groups is 1. The van der Waals surface area contributed by atoms with Crippen LogP contribution in [0, 0.1) is 12.7 Å². The van der Waals surface area contributed by atoms with Gasteiger partial charge in [-0.15, -0.1) is 0 Å². The Hall–Kier alpha value is -2.64. The van der Waals surface area contributed by atoms with E-state index in [4.69, 9.17) is 16.3 Å². The summed E-state index contributed by atoms with van der Waals surface area (Å²) in [5.74, 6) is -0.294. The van der Waals surface area contributed by atoms with Gasteiger partial charge in [-0.25, -0.2) is 9.37 Å². The zero-order valence-corrected chi connectivity index (χ0v) is 15.5. The number of thiazole rings is 1. The third kappa shape index (κ3) is 4.12. The van der Waals surface area contributed by atoms with E-state index in [9.17, 15) is 9.18 Å². The van der Waals surface area contributed by atoms with E-state index < -0.39 is 11.7 Å². The van der Waals surface area contributed by atoms with E-state index in [1.807, 2.05) is 24.3 Å². The van der Waals surface area contributed by atoms with Crippen molar-refractivity contribution in [3.63, 3.8) is 0 Å². The molecule has 3 rings (SSSR count). The van der Waals surface area contributed by atoms with Crippen molar-refractivity contribution in [3.05, 3.63) is 63.9 Å². The molecule has 0 unspecified atom stereocenters. The van der Waals surface area contributed by atoms with Gasteiger partial charge in [-0.1, -0.05) is 29.0 Å². The van der Waals surface area contributed by atoms with Crippen LogP contribution in [0.1, 0.15) is 15.4 Å². The predicted octanol–water partition coefficient (Wildman–Crippen LogP) is 5.25. The van der Waals surface area contributed by atoms with E-state index in [-0.39, 0.29) is 5.69 Å². The van der Waals surface area contributed by atoms with Crippen molar-refractivity contribution in [3.8, 4) is 5.75 Å². The van der Waals surface area contributed by atoms with Crippen LogP contribution in [0.4, 0.5) is 20.9 Å². The minimum absolute atomic E-state index is 0.0256. The van der Waals surface area contributed by atoms with Crippen LogP contribution in [0.5, 0.6) is 5.75 Å². The van der Waals surface area contributed by atoms with Gasteiger partial charge in [0, 0.05) is 16.8 Å². The summed E-state index contributed by atoms with van der Waals surface area (Å²) in [4.78, 5) is 17.2. The topological polar surface area (TPSA) is 63.2 Å². The molecule has 134 valence electrons. The van der Waals surface area contributed by atoms with E-state index in [1.54, 1.807) is 14.0 Å². The zero-order valence-electron chi connectivity index (χ0n) is 14.0. The van der Waals surface area contributed by atoms with Crippen molar-refractivity contribution in [1.82, 2.24) is 4.98 Å². The summed E-state index contributed by atoms with van der Waals surface area (Å²) < 4.78 is 19.0. The third-order valence-electron chi connectivity index (χ3n) is 3.50. The second kappa shape index (κ2) is 7.72. The number of carbonyl (C=O) groups excluding carboxylic acids is 1. The maximum atomic E-state index is 13.8. The van der Waals surface area contributed by atoms with Gasteiger partial charge in [0.1, 0.15) is 16.4 Å². The molecule has 26 heavy (non-hydrogen) atoms. The number of aryl methyl sites for hydroxylation is 1. The average molecular weight is 392 g/mol. The number of halogens is 2. The van der Waals surface area contributed by atoms with E-state index >= 15 is 0 Å². The molecule has 1 amide bonds. The number of aromatic nitrogens is 1. The molecule has 0 radical (unpaired) electrons. The molecule has 5 nitrogen and oxygen atoms in total. The predicted molar refractivity (Wildman–Crippen MR) is 102 cm³/mol. The first-order chi connectivity index (χ1) is 12.5. The van der Waals surface area contributed by atoms with E-state index in [1.165, 1.54) is 29.5 Å². The SMILES string of the molecule is COc1cccc(Nc2nc(C)c(C(=O)Nc3cc(Cl)ccc3F)s2)c1. The van der Waals surface area contributed by atoms with Gasteiger partial charge in [0.05, 0.1) is 18.5 Å². The Morgan fingerprint density at radius 3 is 2.85 bits per heavy atom. The van der Waals surface area contributed by atoms with Gasteiger partial charge < -0.3 is 15.4 Å². The Labute approximate surface area is 158 Å². The highest BCUT2D eigenvalue weighted by Crippen LogP contribution is 2.28. The number of amides is 1. The lowest BCUT2D eigenvalue weighted by atomic mass is 10.3. The Kier molecular flexibility index (Phi) is 5.39. The number of benzene rings is 2. The quantitative estimate of drug-likeness (QED) is 0.623. The molecule has 0 spiro atoms. The summed E-state index contributed by atoms with van der Waals surface area (Å²) in [5, 5.41) is 6.54. The molecule has 0 atom stereocenters. The molecule has 8 heteroatoms. The van der Waals surface area contributed by atoms with Crippen LogP contribution in [0.3, 0.4) is 0 Å². The molecular formula is C18H15ClFN3O2S. The number of nitrogens with zero attached hydrogens (tertiary/aromatic N) is 1. The molecule has 2 aromatic carbocycles. The number of hydrogen-bond donors (Lipinski definition) is 2. The van der Waals surface area contributed by atoms with Gasteiger partial charge in [-0.05, 0) is 37.3 Å². The van der Waals surface area contributed by atoms with Crippen molar-refractivity contribution in [2.45, 2.75) is 6.92 Å². The number of ether oxygens (including phenoxy) is 1. The van der Waals surface area contributed by atoms with E-state index in [0.717, 1.165) is 5.69 Å². The molecule has 1 aromatic heterocycles. The summed E-state index contributed by atoms with van der Waals surface area (Å²) in [6.45, 7) is 1.72. The normalized spacial score (nSPS) is 10.5. The van der Waals surface area contributed by atoms with Crippen LogP contribution in [0.2, 0.25) is 5.02 Å². The van der Waals surface area contributed by atoms with Crippen LogP contribution in [-0.2, 0) is 0 Å². The summed E-state index contributed by atoms with van der Waals surface area (Å²) in [5.41, 5.74) is 1.35. The summed E-state index contributed by atoms with van der Waals surface area (Å²) in [7, 11) is 1.59. The highest BCUT2D eigenvalue weighted by molar-refractivity contribution is 7.17. The van der Waals surface area contributed by atoms with Crippen LogP contribution in [0.25, 0.3) is 0 Å². The second-order valence-electron chi connectivity index (χ2n) is 5.37. The number of methoxy groups -OCH3 is 1. The van der Waals surface area contributed by atoms with E-state index in [0.29, 0.717) is 26.5 Å². The summed E-state index contributed by atoms with van der Waals surface area (Å²) in [6.07, 6.45) is 0. The van der Waals surface area contributed by atoms with E-state index in [2.05, 4.69) is 15.6 Å². The van der Waals surface area contributed by atoms with Crippen molar-refractivity contribution < 1.29 is 13.9 Å². The highest BCUT2D eigenvalue weighted by atomic mass is 35.5. The number of hydrogen-bond acceptors (Lipinski definition) is 5. The maximum Gasteiger partial charge on any atom is 0.267 e. The lowest BCUT2D eigenvalue weighted by Crippen LogP contribution is -2.12. The Balaban J connectivity index is 1.78. The Morgan fingerprint density at radius 2 is 2.08 bits per heavy atom. The second-order valence-corrected chi connectivity index (χ2v) is 6.80. The van der Waals surface area contributed by atoms with Crippen LogP contribution < -0.4 is 15.4 Å². The van der Waals surface area contributed by atoms with Crippen molar-refractivity contribution in [2.24, 2.45) is 0 Å². The standard InChI is InChI=1S/C18H15ClFN3O2S/c1-10-16(17(24)23-15-8-11(19)6-7-14(15)20)26-18(21-10)22-12-4-3-5-13(9-12)25-2/h3-9H,1-2H3,(H,21,22)(H,23,24). The fourth-order valence-electron chi connectivity index (χ4n) is 2.26. The van der Waals surface area contributed by atoms with Crippen molar-refractivity contribution in [1.29, 1.82) is 0 Å². The van der Waals surface area contributed by atoms with Gasteiger partial charge in [-0.3, -0.25) is 4.79 Å². The molecule has 0 fully saturated rings. The van der Waals surface area contributed by atoms with Gasteiger partial charge in [0.2, 0.25) is 0 Å². The fraction of sp³-hybridized carbons (Fsp3) is 0.111. The molecule has 0 aliphatic heterocycles. The average Bonchev–Trinajstić information content (AvgIpc) is 2.98. The molecule has 0 aliphatic carbocycles. The number of nitrogens with one attached hydrogen (secondary N) is 2. The van der Waals surface area contributed by atoms with Crippen molar-refractivity contribution >= 4 is 45.4 Å². The molecule has 2 N–H and O–H groups in total. The fourth-order valence-corrected chi connectivity index (χ4v) is 3.31. The monoisotopic (exact) mass is 391 g/mol. The lowest BCUT2D eigenvalue weighted by molar-refractivity contribution is 0.102. The maximum absolute atomic E-state index is 13.8. The Morgan fingerprint density at radius 1 is 1.27 bits per heavy atom. The minimum atomic E-state index is -0.556. The van der Waals surface area contributed by atoms with Gasteiger partial charge in [0.25, 0.3) is 5.91 Å². The summed E-state index contributed by atoms with van der Waals surface area (Å²) in [6, 6.07) is 11.3. The largest absolute Gasteiger partial charge is 0.497 e. The first-order valence-electron chi connectivity index (χ1n) is 7.61. The molecule has 0 aliphatic rings. The van der Waals surface area contributed by atoms with Crippen LogP contribution in [0.15, 0.2) is 42.5 Å². The molecule has 1 heterocycles. The van der Waals surface area contributed by atoms with Crippen LogP contribution in [-0.4, -0.2) is 18.0 Å². The smallest absolute Gasteiger partial charge is 0.267 e. The minimum Gasteiger partial charge on any atom is -0.497 e. The molecule has 3 aromatic rings. The van der Waals surface area contributed by atoms with Gasteiger partial charge in [-0.2, -0.15) is 0 Å². The molecule has 0 saturated carbocycles. The molecule has 0 bridgehead atoms. The summed E-state index contributed by atoms with van der Waals surface area (Å²) >= 11 is 7.02. The lowest BCUT2D eigenvalue weighted by Gasteiger charge is -2.06. The van der Waals surface area contributed by atoms with Gasteiger partial charge >= 0.3 is 0 Å². The zero-order chi connectivity index (χ0) is 18.7. The van der Waals surface area contributed by atoms with Crippen molar-refractivity contribution in [2.75, 3.05) is 17.7 Å². The van der Waals surface area contributed by atoms with Crippen LogP contribution >= 0.6 is 22.9 Å². The first kappa shape index (κ1) is 18.2. The highest BCUT2D eigenvalue weighted by Gasteiger charge is 2.17. The number of anilines is 3. The molecular weight excluding hydrogens is 377 g/mol.